The van der Waals surface area contributed by atoms with E-state index < -0.39 is 17.2 Å². The number of urea groups is 1. The molecule has 2 aromatic heterocycles. The number of benzene rings is 1. The Labute approximate surface area is 195 Å². The molecule has 2 heterocycles. The highest BCUT2D eigenvalue weighted by molar-refractivity contribution is 8.00. The molecule has 32 heavy (non-hydrogen) atoms. The van der Waals surface area contributed by atoms with Crippen LogP contribution in [0.15, 0.2) is 28.2 Å². The smallest absolute Gasteiger partial charge is 0.321 e. The van der Waals surface area contributed by atoms with Gasteiger partial charge in [-0.15, -0.1) is 11.3 Å². The molecule has 3 rings (SSSR count). The Hall–Kier alpha value is -2.65. The van der Waals surface area contributed by atoms with Gasteiger partial charge in [-0.2, -0.15) is 0 Å². The van der Waals surface area contributed by atoms with Crippen molar-refractivity contribution in [1.29, 1.82) is 0 Å². The van der Waals surface area contributed by atoms with Crippen molar-refractivity contribution in [2.75, 3.05) is 6.54 Å². The number of rotatable bonds is 6. The number of carbonyl (C=O) groups excluding carboxylic acids is 2. The molecule has 2 N–H and O–H groups in total. The van der Waals surface area contributed by atoms with Gasteiger partial charge < -0.3 is 5.32 Å². The van der Waals surface area contributed by atoms with Gasteiger partial charge in [0.15, 0.2) is 5.16 Å². The summed E-state index contributed by atoms with van der Waals surface area (Å²) in [7, 11) is 0. The Morgan fingerprint density at radius 3 is 2.53 bits per heavy atom. The second-order valence-electron chi connectivity index (χ2n) is 7.58. The highest BCUT2D eigenvalue weighted by Crippen LogP contribution is 2.32. The van der Waals surface area contributed by atoms with Crippen molar-refractivity contribution in [3.63, 3.8) is 0 Å². The Kier molecular flexibility index (Phi) is 7.40. The van der Waals surface area contributed by atoms with Crippen molar-refractivity contribution in [1.82, 2.24) is 20.2 Å². The number of thioether (sulfide) groups is 1. The lowest BCUT2D eigenvalue weighted by Gasteiger charge is -2.16. The van der Waals surface area contributed by atoms with Gasteiger partial charge in [0.05, 0.1) is 16.3 Å². The average Bonchev–Trinajstić information content (AvgIpc) is 3.05. The van der Waals surface area contributed by atoms with Gasteiger partial charge in [-0.05, 0) is 69.9 Å². The molecule has 1 atom stereocenters. The fourth-order valence-electron chi connectivity index (χ4n) is 3.42. The molecular weight excluding hydrogens is 444 g/mol. The van der Waals surface area contributed by atoms with Crippen LogP contribution in [0, 0.1) is 20.8 Å². The van der Waals surface area contributed by atoms with Crippen molar-refractivity contribution in [3.05, 3.63) is 50.1 Å². The highest BCUT2D eigenvalue weighted by atomic mass is 32.2. The van der Waals surface area contributed by atoms with Gasteiger partial charge >= 0.3 is 6.03 Å². The van der Waals surface area contributed by atoms with Crippen molar-refractivity contribution >= 4 is 45.3 Å². The number of amides is 3. The summed E-state index contributed by atoms with van der Waals surface area (Å²) >= 11 is 2.65. The lowest BCUT2D eigenvalue weighted by Crippen LogP contribution is -2.42. The van der Waals surface area contributed by atoms with E-state index >= 15 is 0 Å². The molecule has 7 nitrogen and oxygen atoms in total. The predicted octanol–water partition coefficient (Wildman–Crippen LogP) is 4.26. The number of carbonyl (C=O) groups is 2. The van der Waals surface area contributed by atoms with E-state index in [1.807, 2.05) is 45.9 Å². The standard InChI is InChI=1S/C23H28N4O3S2/c1-7-17-14(5)31-20-18(17)21(29)27(16-10-9-12(3)13(4)11-16)23(26-20)32-15(6)19(28)25-22(30)24-8-2/h9-11,15H,7-8H2,1-6H3,(H2,24,25,28,30). The van der Waals surface area contributed by atoms with Gasteiger partial charge in [0, 0.05) is 11.4 Å². The van der Waals surface area contributed by atoms with Crippen LogP contribution in [0.5, 0.6) is 0 Å². The molecule has 0 bridgehead atoms. The molecule has 3 aromatic rings. The molecule has 3 amide bonds. The lowest BCUT2D eigenvalue weighted by molar-refractivity contribution is -0.119. The quantitative estimate of drug-likeness (QED) is 0.413. The zero-order valence-corrected chi connectivity index (χ0v) is 20.8. The van der Waals surface area contributed by atoms with Crippen molar-refractivity contribution in [3.8, 4) is 5.69 Å². The molecule has 0 saturated heterocycles. The monoisotopic (exact) mass is 472 g/mol. The van der Waals surface area contributed by atoms with Gasteiger partial charge in [-0.3, -0.25) is 19.5 Å². The number of aryl methyl sites for hydroxylation is 4. The zero-order chi connectivity index (χ0) is 23.6. The van der Waals surface area contributed by atoms with Crippen LogP contribution >= 0.6 is 23.1 Å². The minimum atomic E-state index is -0.633. The number of aromatic nitrogens is 2. The molecule has 1 aromatic carbocycles. The summed E-state index contributed by atoms with van der Waals surface area (Å²) in [5, 5.41) is 5.30. The molecule has 0 fully saturated rings. The van der Waals surface area contributed by atoms with E-state index in [1.165, 1.54) is 11.3 Å². The van der Waals surface area contributed by atoms with Gasteiger partial charge in [0.1, 0.15) is 4.83 Å². The number of nitrogens with zero attached hydrogens (tertiary/aromatic N) is 2. The first-order valence-corrected chi connectivity index (χ1v) is 12.3. The minimum Gasteiger partial charge on any atom is -0.338 e. The first kappa shape index (κ1) is 24.0. The van der Waals surface area contributed by atoms with Crippen LogP contribution in [-0.4, -0.2) is 33.3 Å². The van der Waals surface area contributed by atoms with E-state index in [0.29, 0.717) is 27.6 Å². The van der Waals surface area contributed by atoms with E-state index in [4.69, 9.17) is 4.98 Å². The van der Waals surface area contributed by atoms with Gasteiger partial charge in [-0.25, -0.2) is 9.78 Å². The molecule has 0 spiro atoms. The van der Waals surface area contributed by atoms with Crippen molar-refractivity contribution in [2.24, 2.45) is 0 Å². The molecule has 170 valence electrons. The first-order chi connectivity index (χ1) is 15.2. The summed E-state index contributed by atoms with van der Waals surface area (Å²) in [4.78, 5) is 44.5. The van der Waals surface area contributed by atoms with Gasteiger partial charge in [-0.1, -0.05) is 24.8 Å². The molecule has 1 unspecified atom stereocenters. The molecule has 0 saturated carbocycles. The minimum absolute atomic E-state index is 0.140. The van der Waals surface area contributed by atoms with E-state index in [2.05, 4.69) is 10.6 Å². The molecule has 9 heteroatoms. The predicted molar refractivity (Wildman–Crippen MR) is 131 cm³/mol. The Morgan fingerprint density at radius 1 is 1.19 bits per heavy atom. The third-order valence-corrected chi connectivity index (χ3v) is 7.42. The van der Waals surface area contributed by atoms with Crippen molar-refractivity contribution in [2.45, 2.75) is 58.4 Å². The molecule has 0 radical (unpaired) electrons. The number of hydrogen-bond acceptors (Lipinski definition) is 6. The maximum Gasteiger partial charge on any atom is 0.321 e. The van der Waals surface area contributed by atoms with E-state index in [0.717, 1.165) is 39.8 Å². The van der Waals surface area contributed by atoms with Gasteiger partial charge in [0.25, 0.3) is 5.56 Å². The SMILES string of the molecule is CCNC(=O)NC(=O)C(C)Sc1nc2sc(C)c(CC)c2c(=O)n1-c1ccc(C)c(C)c1. The number of fused-ring (bicyclic) bond motifs is 1. The second kappa shape index (κ2) is 9.87. The maximum atomic E-state index is 13.7. The summed E-state index contributed by atoms with van der Waals surface area (Å²) in [6.45, 7) is 11.9. The second-order valence-corrected chi connectivity index (χ2v) is 10.1. The average molecular weight is 473 g/mol. The third kappa shape index (κ3) is 4.73. The van der Waals surface area contributed by atoms with Crippen LogP contribution in [0.1, 0.15) is 42.3 Å². The Morgan fingerprint density at radius 2 is 1.91 bits per heavy atom. The van der Waals surface area contributed by atoms with E-state index in [9.17, 15) is 14.4 Å². The van der Waals surface area contributed by atoms with Gasteiger partial charge in [0.2, 0.25) is 5.91 Å². The molecule has 0 aliphatic rings. The summed E-state index contributed by atoms with van der Waals surface area (Å²) < 4.78 is 1.58. The number of thiophene rings is 1. The summed E-state index contributed by atoms with van der Waals surface area (Å²) in [5.74, 6) is -0.446. The third-order valence-electron chi connectivity index (χ3n) is 5.32. The number of imide groups is 1. The fourth-order valence-corrected chi connectivity index (χ4v) is 5.51. The lowest BCUT2D eigenvalue weighted by atomic mass is 10.1. The van der Waals surface area contributed by atoms with Crippen LogP contribution in [0.4, 0.5) is 4.79 Å². The largest absolute Gasteiger partial charge is 0.338 e. The molecule has 0 aliphatic heterocycles. The zero-order valence-electron chi connectivity index (χ0n) is 19.2. The summed E-state index contributed by atoms with van der Waals surface area (Å²) in [6.07, 6.45) is 0.744. The van der Waals surface area contributed by atoms with Crippen LogP contribution in [0.3, 0.4) is 0 Å². The van der Waals surface area contributed by atoms with E-state index in [1.54, 1.807) is 18.4 Å². The first-order valence-electron chi connectivity index (χ1n) is 10.6. The molecular formula is C23H28N4O3S2. The Bertz CT molecular complexity index is 1250. The van der Waals surface area contributed by atoms with Crippen LogP contribution in [0.25, 0.3) is 15.9 Å². The van der Waals surface area contributed by atoms with Crippen LogP contribution in [0.2, 0.25) is 0 Å². The van der Waals surface area contributed by atoms with Crippen LogP contribution in [-0.2, 0) is 11.2 Å². The van der Waals surface area contributed by atoms with Crippen molar-refractivity contribution < 1.29 is 9.59 Å². The maximum absolute atomic E-state index is 13.7. The Balaban J connectivity index is 2.14. The normalized spacial score (nSPS) is 12.1. The number of hydrogen-bond donors (Lipinski definition) is 2. The topological polar surface area (TPSA) is 93.1 Å². The van der Waals surface area contributed by atoms with E-state index in [-0.39, 0.29) is 5.56 Å². The van der Waals surface area contributed by atoms with Crippen LogP contribution < -0.4 is 16.2 Å². The fraction of sp³-hybridized carbons (Fsp3) is 0.391. The summed E-state index contributed by atoms with van der Waals surface area (Å²) in [6, 6.07) is 5.28. The summed E-state index contributed by atoms with van der Waals surface area (Å²) in [5.41, 5.74) is 3.76. The highest BCUT2D eigenvalue weighted by Gasteiger charge is 2.24. The number of nitrogens with one attached hydrogen (secondary N) is 2. The molecule has 0 aliphatic carbocycles.